The second kappa shape index (κ2) is 5.77. The van der Waals surface area contributed by atoms with E-state index in [-0.39, 0.29) is 12.6 Å². The van der Waals surface area contributed by atoms with Gasteiger partial charge < -0.3 is 9.15 Å². The highest BCUT2D eigenvalue weighted by Crippen LogP contribution is 2.39. The van der Waals surface area contributed by atoms with Gasteiger partial charge in [-0.05, 0) is 43.7 Å². The van der Waals surface area contributed by atoms with Crippen molar-refractivity contribution in [2.75, 3.05) is 11.9 Å². The SMILES string of the molecule is O=C(COC(=O)c1cc2c(s1)CCC2)Nc1nnc(C2CC2)o1. The Balaban J connectivity index is 1.29. The van der Waals surface area contributed by atoms with Gasteiger partial charge in [0.15, 0.2) is 6.61 Å². The monoisotopic (exact) mass is 333 g/mol. The lowest BCUT2D eigenvalue weighted by molar-refractivity contribution is -0.119. The van der Waals surface area contributed by atoms with Crippen molar-refractivity contribution in [1.82, 2.24) is 10.2 Å². The third-order valence-corrected chi connectivity index (χ3v) is 5.11. The van der Waals surface area contributed by atoms with Crippen LogP contribution in [0.2, 0.25) is 0 Å². The number of carbonyl (C=O) groups excluding carboxylic acids is 2. The largest absolute Gasteiger partial charge is 0.451 e. The van der Waals surface area contributed by atoms with Crippen LogP contribution in [0, 0.1) is 0 Å². The summed E-state index contributed by atoms with van der Waals surface area (Å²) in [4.78, 5) is 25.5. The van der Waals surface area contributed by atoms with Crippen molar-refractivity contribution >= 4 is 29.2 Å². The number of fused-ring (bicyclic) bond motifs is 1. The van der Waals surface area contributed by atoms with Gasteiger partial charge in [0.2, 0.25) is 5.89 Å². The zero-order chi connectivity index (χ0) is 15.8. The Hall–Kier alpha value is -2.22. The van der Waals surface area contributed by atoms with E-state index >= 15 is 0 Å². The summed E-state index contributed by atoms with van der Waals surface area (Å²) in [7, 11) is 0. The molecule has 1 saturated carbocycles. The molecule has 0 saturated heterocycles. The summed E-state index contributed by atoms with van der Waals surface area (Å²) in [5.41, 5.74) is 1.23. The maximum absolute atomic E-state index is 12.0. The molecule has 0 atom stereocenters. The summed E-state index contributed by atoms with van der Waals surface area (Å²) >= 11 is 1.45. The van der Waals surface area contributed by atoms with Gasteiger partial charge in [-0.2, -0.15) is 0 Å². The van der Waals surface area contributed by atoms with E-state index in [9.17, 15) is 9.59 Å². The summed E-state index contributed by atoms with van der Waals surface area (Å²) < 4.78 is 10.4. The molecule has 1 N–H and O–H groups in total. The maximum Gasteiger partial charge on any atom is 0.348 e. The molecule has 4 rings (SSSR count). The first-order chi connectivity index (χ1) is 11.2. The third-order valence-electron chi connectivity index (χ3n) is 3.90. The first kappa shape index (κ1) is 14.4. The Labute approximate surface area is 136 Å². The fourth-order valence-electron chi connectivity index (χ4n) is 2.57. The van der Waals surface area contributed by atoms with Crippen molar-refractivity contribution < 1.29 is 18.7 Å². The van der Waals surface area contributed by atoms with Crippen LogP contribution >= 0.6 is 11.3 Å². The van der Waals surface area contributed by atoms with Gasteiger partial charge in [0.1, 0.15) is 4.88 Å². The molecule has 120 valence electrons. The fourth-order valence-corrected chi connectivity index (χ4v) is 3.71. The molecule has 0 unspecified atom stereocenters. The molecule has 0 bridgehead atoms. The molecule has 2 aromatic heterocycles. The van der Waals surface area contributed by atoms with Crippen molar-refractivity contribution in [3.63, 3.8) is 0 Å². The van der Waals surface area contributed by atoms with E-state index in [4.69, 9.17) is 9.15 Å². The van der Waals surface area contributed by atoms with Crippen LogP contribution in [0.3, 0.4) is 0 Å². The minimum absolute atomic E-state index is 0.0445. The zero-order valence-electron chi connectivity index (χ0n) is 12.3. The van der Waals surface area contributed by atoms with Crippen molar-refractivity contribution in [2.24, 2.45) is 0 Å². The molecular weight excluding hydrogens is 318 g/mol. The normalized spacial score (nSPS) is 16.2. The lowest BCUT2D eigenvalue weighted by Crippen LogP contribution is -2.20. The lowest BCUT2D eigenvalue weighted by atomic mass is 10.2. The van der Waals surface area contributed by atoms with Gasteiger partial charge in [0, 0.05) is 10.8 Å². The number of nitrogens with one attached hydrogen (secondary N) is 1. The van der Waals surface area contributed by atoms with E-state index in [0.29, 0.717) is 16.7 Å². The van der Waals surface area contributed by atoms with E-state index in [1.54, 1.807) is 0 Å². The van der Waals surface area contributed by atoms with Crippen LogP contribution < -0.4 is 5.32 Å². The molecule has 2 aliphatic carbocycles. The van der Waals surface area contributed by atoms with Crippen LogP contribution in [0.25, 0.3) is 0 Å². The highest BCUT2D eigenvalue weighted by atomic mass is 32.1. The average molecular weight is 333 g/mol. The minimum Gasteiger partial charge on any atom is -0.451 e. The highest BCUT2D eigenvalue weighted by molar-refractivity contribution is 7.14. The van der Waals surface area contributed by atoms with Gasteiger partial charge in [-0.3, -0.25) is 10.1 Å². The number of esters is 1. The molecule has 0 radical (unpaired) electrons. The predicted molar refractivity (Wildman–Crippen MR) is 81.5 cm³/mol. The summed E-state index contributed by atoms with van der Waals surface area (Å²) in [6.07, 6.45) is 5.26. The summed E-state index contributed by atoms with van der Waals surface area (Å²) in [6.45, 7) is -0.372. The standard InChI is InChI=1S/C15H15N3O4S/c19-12(16-15-18-17-13(22-15)8-4-5-8)7-21-14(20)11-6-9-2-1-3-10(9)23-11/h6,8H,1-5,7H2,(H,16,18,19). The van der Waals surface area contributed by atoms with Gasteiger partial charge in [-0.1, -0.05) is 5.10 Å². The summed E-state index contributed by atoms with van der Waals surface area (Å²) in [5, 5.41) is 10.1. The number of hydrogen-bond acceptors (Lipinski definition) is 7. The molecule has 2 heterocycles. The first-order valence-electron chi connectivity index (χ1n) is 7.61. The van der Waals surface area contributed by atoms with Gasteiger partial charge in [-0.25, -0.2) is 4.79 Å². The van der Waals surface area contributed by atoms with Crippen LogP contribution in [0.15, 0.2) is 10.5 Å². The third kappa shape index (κ3) is 3.12. The number of amides is 1. The highest BCUT2D eigenvalue weighted by Gasteiger charge is 2.29. The van der Waals surface area contributed by atoms with Crippen molar-refractivity contribution in [1.29, 1.82) is 0 Å². The van der Waals surface area contributed by atoms with Gasteiger partial charge in [0.05, 0.1) is 0 Å². The number of hydrogen-bond donors (Lipinski definition) is 1. The van der Waals surface area contributed by atoms with Crippen LogP contribution in [0.4, 0.5) is 6.01 Å². The second-order valence-corrected chi connectivity index (χ2v) is 6.89. The van der Waals surface area contributed by atoms with Crippen molar-refractivity contribution in [3.05, 3.63) is 27.3 Å². The quantitative estimate of drug-likeness (QED) is 0.844. The molecule has 1 fully saturated rings. The molecule has 0 spiro atoms. The Kier molecular flexibility index (Phi) is 3.60. The molecule has 0 aliphatic heterocycles. The molecule has 23 heavy (non-hydrogen) atoms. The number of nitrogens with zero attached hydrogens (tertiary/aromatic N) is 2. The van der Waals surface area contributed by atoms with Gasteiger partial charge >= 0.3 is 12.0 Å². The molecule has 0 aromatic carbocycles. The molecule has 1 amide bonds. The lowest BCUT2D eigenvalue weighted by Gasteiger charge is -2.02. The van der Waals surface area contributed by atoms with Crippen LogP contribution in [-0.4, -0.2) is 28.7 Å². The van der Waals surface area contributed by atoms with Gasteiger partial charge in [0.25, 0.3) is 5.91 Å². The van der Waals surface area contributed by atoms with Crippen molar-refractivity contribution in [3.8, 4) is 0 Å². The molecule has 7 nitrogen and oxygen atoms in total. The topological polar surface area (TPSA) is 94.3 Å². The van der Waals surface area contributed by atoms with E-state index < -0.39 is 11.9 Å². The van der Waals surface area contributed by atoms with E-state index in [2.05, 4.69) is 15.5 Å². The van der Waals surface area contributed by atoms with Crippen LogP contribution in [-0.2, 0) is 22.4 Å². The molecular formula is C15H15N3O4S. The zero-order valence-corrected chi connectivity index (χ0v) is 13.1. The Morgan fingerprint density at radius 2 is 2.22 bits per heavy atom. The number of aromatic nitrogens is 2. The Bertz CT molecular complexity index is 741. The van der Waals surface area contributed by atoms with Crippen molar-refractivity contribution in [2.45, 2.75) is 38.0 Å². The second-order valence-electron chi connectivity index (χ2n) is 5.76. The minimum atomic E-state index is -0.492. The Morgan fingerprint density at radius 1 is 1.35 bits per heavy atom. The number of carbonyl (C=O) groups is 2. The Morgan fingerprint density at radius 3 is 3.00 bits per heavy atom. The number of ether oxygens (including phenoxy) is 1. The number of anilines is 1. The summed E-state index contributed by atoms with van der Waals surface area (Å²) in [6, 6.07) is 1.91. The summed E-state index contributed by atoms with van der Waals surface area (Å²) in [5.74, 6) is -0.0886. The molecule has 2 aromatic rings. The fraction of sp³-hybridized carbons (Fsp3) is 0.467. The maximum atomic E-state index is 12.0. The average Bonchev–Trinajstić information content (AvgIpc) is 2.94. The number of rotatable bonds is 5. The molecule has 2 aliphatic rings. The first-order valence-corrected chi connectivity index (χ1v) is 8.42. The molecule has 8 heteroatoms. The number of thiophene rings is 1. The predicted octanol–water partition coefficient (Wildman–Crippen LogP) is 2.29. The van der Waals surface area contributed by atoms with E-state index in [0.717, 1.165) is 32.1 Å². The van der Waals surface area contributed by atoms with Crippen LogP contribution in [0.1, 0.15) is 51.2 Å². The van der Waals surface area contributed by atoms with Crippen LogP contribution in [0.5, 0.6) is 0 Å². The van der Waals surface area contributed by atoms with E-state index in [1.807, 2.05) is 6.07 Å². The van der Waals surface area contributed by atoms with E-state index in [1.165, 1.54) is 21.8 Å². The number of aryl methyl sites for hydroxylation is 2. The van der Waals surface area contributed by atoms with Gasteiger partial charge in [-0.15, -0.1) is 16.4 Å². The smallest absolute Gasteiger partial charge is 0.348 e.